The second-order valence-electron chi connectivity index (χ2n) is 6.53. The average molecular weight is 450 g/mol. The van der Waals surface area contributed by atoms with Gasteiger partial charge in [-0.25, -0.2) is 0 Å². The van der Waals surface area contributed by atoms with E-state index in [9.17, 15) is 26.3 Å². The summed E-state index contributed by atoms with van der Waals surface area (Å²) in [6.45, 7) is 3.65. The number of alkyl halides is 6. The van der Waals surface area contributed by atoms with E-state index < -0.39 is 25.2 Å². The van der Waals surface area contributed by atoms with Crippen LogP contribution in [0.25, 0.3) is 0 Å². The number of benzene rings is 1. The van der Waals surface area contributed by atoms with Gasteiger partial charge in [0, 0.05) is 23.0 Å². The Hall–Kier alpha value is -2.78. The molecule has 0 aliphatic carbocycles. The van der Waals surface area contributed by atoms with E-state index in [2.05, 4.69) is 15.3 Å². The quantitative estimate of drug-likeness (QED) is 0.465. The summed E-state index contributed by atoms with van der Waals surface area (Å²) in [5.41, 5.74) is 2.36. The van der Waals surface area contributed by atoms with E-state index >= 15 is 0 Å². The molecule has 31 heavy (non-hydrogen) atoms. The Bertz CT molecular complexity index is 895. The van der Waals surface area contributed by atoms with Gasteiger partial charge in [0.1, 0.15) is 0 Å². The molecular formula is C21H28F6N4. The maximum absolute atomic E-state index is 12.3. The number of hydrogen-bond donors (Lipinski definition) is 1. The molecule has 4 nitrogen and oxygen atoms in total. The molecule has 3 aromatic rings. The first-order valence-electron chi connectivity index (χ1n) is 8.62. The molecule has 1 N–H and O–H groups in total. The van der Waals surface area contributed by atoms with Crippen LogP contribution >= 0.6 is 0 Å². The number of halogens is 6. The molecule has 0 saturated carbocycles. The number of aromatic nitrogens is 4. The summed E-state index contributed by atoms with van der Waals surface area (Å²) in [5, 5.41) is 10.0. The van der Waals surface area contributed by atoms with Gasteiger partial charge in [-0.3, -0.25) is 9.78 Å². The van der Waals surface area contributed by atoms with E-state index in [1.54, 1.807) is 18.5 Å². The van der Waals surface area contributed by atoms with E-state index in [4.69, 9.17) is 0 Å². The van der Waals surface area contributed by atoms with Crippen LogP contribution in [0.5, 0.6) is 0 Å². The number of H-pyrrole nitrogens is 1. The Labute approximate surface area is 178 Å². The first-order valence-corrected chi connectivity index (χ1v) is 8.62. The van der Waals surface area contributed by atoms with Crippen LogP contribution in [0.4, 0.5) is 26.3 Å². The number of aromatic amines is 1. The summed E-state index contributed by atoms with van der Waals surface area (Å²) >= 11 is 0. The molecule has 1 aromatic carbocycles. The normalized spacial score (nSPS) is 11.1. The standard InChI is InChI=1S/C13H13F3N2.C6H7F3N2.2CH4/c1-10-12(7-13(14,15)16)9-18(17-10)8-11-5-3-2-4-6-11;1-4-5(3-10-11-4)2-6(7,8)9;;/h2-6,9H,7-8H2,1H3;3H,2H2,1H3,(H,10,11);2*1H4. The van der Waals surface area contributed by atoms with Gasteiger partial charge >= 0.3 is 12.4 Å². The zero-order valence-electron chi connectivity index (χ0n) is 15.8. The number of rotatable bonds is 4. The largest absolute Gasteiger partial charge is 0.393 e. The third kappa shape index (κ3) is 10.2. The molecule has 0 amide bonds. The highest BCUT2D eigenvalue weighted by atomic mass is 19.4. The van der Waals surface area contributed by atoms with E-state index in [1.165, 1.54) is 12.4 Å². The number of nitrogens with one attached hydrogen (secondary N) is 1. The summed E-state index contributed by atoms with van der Waals surface area (Å²) in [6.07, 6.45) is -7.50. The van der Waals surface area contributed by atoms with Crippen LogP contribution in [-0.4, -0.2) is 32.3 Å². The van der Waals surface area contributed by atoms with Gasteiger partial charge < -0.3 is 0 Å². The maximum Gasteiger partial charge on any atom is 0.393 e. The second-order valence-corrected chi connectivity index (χ2v) is 6.53. The minimum Gasteiger partial charge on any atom is -0.283 e. The molecule has 0 aliphatic rings. The van der Waals surface area contributed by atoms with Crippen molar-refractivity contribution in [1.82, 2.24) is 20.0 Å². The summed E-state index contributed by atoms with van der Waals surface area (Å²) in [4.78, 5) is 0. The smallest absolute Gasteiger partial charge is 0.283 e. The predicted octanol–water partition coefficient (Wildman–Crippen LogP) is 6.44. The van der Waals surface area contributed by atoms with E-state index in [0.29, 0.717) is 17.9 Å². The fraction of sp³-hybridized carbons (Fsp3) is 0.429. The van der Waals surface area contributed by atoms with Gasteiger partial charge in [-0.05, 0) is 19.4 Å². The van der Waals surface area contributed by atoms with Gasteiger partial charge in [-0.1, -0.05) is 45.2 Å². The van der Waals surface area contributed by atoms with Crippen molar-refractivity contribution in [3.8, 4) is 0 Å². The van der Waals surface area contributed by atoms with E-state index in [1.807, 2.05) is 30.3 Å². The SMILES string of the molecule is C.C.Cc1[nH]ncc1CC(F)(F)F.Cc1nn(Cc2ccccc2)cc1CC(F)(F)F. The van der Waals surface area contributed by atoms with Gasteiger partial charge in [0.15, 0.2) is 0 Å². The lowest BCUT2D eigenvalue weighted by Gasteiger charge is -2.03. The lowest BCUT2D eigenvalue weighted by Crippen LogP contribution is -2.11. The van der Waals surface area contributed by atoms with Gasteiger partial charge in [-0.15, -0.1) is 0 Å². The monoisotopic (exact) mass is 450 g/mol. The Kier molecular flexibility index (Phi) is 10.5. The fourth-order valence-electron chi connectivity index (χ4n) is 2.57. The molecule has 0 bridgehead atoms. The van der Waals surface area contributed by atoms with Crippen LogP contribution in [0.15, 0.2) is 42.7 Å². The van der Waals surface area contributed by atoms with E-state index in [-0.39, 0.29) is 26.0 Å². The molecule has 174 valence electrons. The highest BCUT2D eigenvalue weighted by Gasteiger charge is 2.29. The molecule has 2 aromatic heterocycles. The van der Waals surface area contributed by atoms with Crippen molar-refractivity contribution >= 4 is 0 Å². The van der Waals surface area contributed by atoms with Gasteiger partial charge in [0.25, 0.3) is 0 Å². The minimum absolute atomic E-state index is 0. The second kappa shape index (κ2) is 11.6. The Balaban J connectivity index is 0.000000603. The average Bonchev–Trinajstić information content (AvgIpc) is 3.12. The first kappa shape index (κ1) is 28.2. The first-order chi connectivity index (χ1) is 13.4. The van der Waals surface area contributed by atoms with Gasteiger partial charge in [-0.2, -0.15) is 36.5 Å². The number of hydrogen-bond acceptors (Lipinski definition) is 2. The van der Waals surface area contributed by atoms with Crippen LogP contribution in [0, 0.1) is 13.8 Å². The number of nitrogens with zero attached hydrogens (tertiary/aromatic N) is 3. The highest BCUT2D eigenvalue weighted by molar-refractivity contribution is 5.19. The topological polar surface area (TPSA) is 46.5 Å². The molecule has 0 fully saturated rings. The van der Waals surface area contributed by atoms with Crippen LogP contribution in [-0.2, 0) is 19.4 Å². The van der Waals surface area contributed by atoms with Gasteiger partial charge in [0.05, 0.1) is 31.3 Å². The molecular weight excluding hydrogens is 422 g/mol. The summed E-state index contributed by atoms with van der Waals surface area (Å²) < 4.78 is 73.8. The Morgan fingerprint density at radius 3 is 1.90 bits per heavy atom. The number of aryl methyl sites for hydroxylation is 2. The minimum atomic E-state index is -4.19. The molecule has 0 unspecified atom stereocenters. The zero-order chi connectivity index (χ0) is 21.7. The summed E-state index contributed by atoms with van der Waals surface area (Å²) in [5.74, 6) is 0. The summed E-state index contributed by atoms with van der Waals surface area (Å²) in [7, 11) is 0. The van der Waals surface area contributed by atoms with Crippen molar-refractivity contribution in [2.45, 2.75) is 60.4 Å². The van der Waals surface area contributed by atoms with Crippen LogP contribution in [0.2, 0.25) is 0 Å². The Morgan fingerprint density at radius 1 is 0.871 bits per heavy atom. The molecule has 10 heteroatoms. The highest BCUT2D eigenvalue weighted by Crippen LogP contribution is 2.23. The van der Waals surface area contributed by atoms with Crippen LogP contribution in [0.1, 0.15) is 42.9 Å². The maximum atomic E-state index is 12.3. The molecule has 0 saturated heterocycles. The molecule has 0 aliphatic heterocycles. The van der Waals surface area contributed by atoms with Crippen molar-refractivity contribution in [2.24, 2.45) is 0 Å². The van der Waals surface area contributed by atoms with Crippen molar-refractivity contribution < 1.29 is 26.3 Å². The van der Waals surface area contributed by atoms with Crippen LogP contribution < -0.4 is 0 Å². The lowest BCUT2D eigenvalue weighted by molar-refractivity contribution is -0.128. The third-order valence-corrected chi connectivity index (χ3v) is 3.95. The molecule has 0 spiro atoms. The van der Waals surface area contributed by atoms with Gasteiger partial charge in [0.2, 0.25) is 0 Å². The van der Waals surface area contributed by atoms with Crippen molar-refractivity contribution in [1.29, 1.82) is 0 Å². The third-order valence-electron chi connectivity index (χ3n) is 3.95. The zero-order valence-corrected chi connectivity index (χ0v) is 15.8. The van der Waals surface area contributed by atoms with Crippen LogP contribution in [0.3, 0.4) is 0 Å². The lowest BCUT2D eigenvalue weighted by atomic mass is 10.2. The molecule has 0 radical (unpaired) electrons. The Morgan fingerprint density at radius 2 is 1.42 bits per heavy atom. The fourth-order valence-corrected chi connectivity index (χ4v) is 2.57. The van der Waals surface area contributed by atoms with Crippen molar-refractivity contribution in [2.75, 3.05) is 0 Å². The molecule has 2 heterocycles. The van der Waals surface area contributed by atoms with Crippen molar-refractivity contribution in [3.63, 3.8) is 0 Å². The predicted molar refractivity (Wildman–Crippen MR) is 109 cm³/mol. The van der Waals surface area contributed by atoms with Crippen molar-refractivity contribution in [3.05, 3.63) is 70.8 Å². The van der Waals surface area contributed by atoms with E-state index in [0.717, 1.165) is 5.56 Å². The summed E-state index contributed by atoms with van der Waals surface area (Å²) in [6, 6.07) is 9.51. The molecule has 0 atom stereocenters. The molecule has 3 rings (SSSR count).